The molecule has 1 saturated heterocycles. The smallest absolute Gasteiger partial charge is 0.0540 e. The number of hydrogen-bond acceptors (Lipinski definition) is 3. The summed E-state index contributed by atoms with van der Waals surface area (Å²) in [4.78, 5) is 3.97. The van der Waals surface area contributed by atoms with E-state index < -0.39 is 0 Å². The fourth-order valence-electron chi connectivity index (χ4n) is 2.93. The number of rotatable bonds is 3. The first-order valence-corrected chi connectivity index (χ1v) is 8.76. The summed E-state index contributed by atoms with van der Waals surface area (Å²) >= 11 is 1.80. The molecule has 1 N–H and O–H groups in total. The molecule has 1 aromatic rings. The van der Waals surface area contributed by atoms with Crippen molar-refractivity contribution in [3.8, 4) is 11.8 Å². The first-order chi connectivity index (χ1) is 9.99. The van der Waals surface area contributed by atoms with Crippen LogP contribution in [0.5, 0.6) is 0 Å². The van der Waals surface area contributed by atoms with Gasteiger partial charge in [-0.15, -0.1) is 11.3 Å². The van der Waals surface area contributed by atoms with Crippen LogP contribution < -0.4 is 0 Å². The van der Waals surface area contributed by atoms with E-state index in [0.29, 0.717) is 11.8 Å². The molecule has 2 heterocycles. The molecule has 0 unspecified atom stereocenters. The van der Waals surface area contributed by atoms with Gasteiger partial charge in [-0.2, -0.15) is 0 Å². The molecule has 1 aliphatic heterocycles. The van der Waals surface area contributed by atoms with Crippen LogP contribution >= 0.6 is 11.3 Å². The third-order valence-corrected chi connectivity index (χ3v) is 5.24. The standard InChI is InChI=1S/C18H27NOS/c1-18(2,3)16-7-9-19(10-8-16)13-17-12-15(14-21-17)6-4-5-11-20/h12,14,16,20H,5,7-11,13H2,1-3H3. The fourth-order valence-corrected chi connectivity index (χ4v) is 3.78. The van der Waals surface area contributed by atoms with Crippen LogP contribution in [0.4, 0.5) is 0 Å². The molecule has 3 heteroatoms. The second-order valence-corrected chi connectivity index (χ2v) is 7.99. The predicted molar refractivity (Wildman–Crippen MR) is 90.4 cm³/mol. The molecular formula is C18H27NOS. The van der Waals surface area contributed by atoms with Gasteiger partial charge in [-0.25, -0.2) is 0 Å². The van der Waals surface area contributed by atoms with E-state index >= 15 is 0 Å². The van der Waals surface area contributed by atoms with E-state index in [9.17, 15) is 0 Å². The van der Waals surface area contributed by atoms with Crippen molar-refractivity contribution in [3.63, 3.8) is 0 Å². The number of aliphatic hydroxyl groups excluding tert-OH is 1. The number of nitrogens with zero attached hydrogens (tertiary/aromatic N) is 1. The Morgan fingerprint density at radius 1 is 1.33 bits per heavy atom. The Morgan fingerprint density at radius 2 is 2.05 bits per heavy atom. The highest BCUT2D eigenvalue weighted by Crippen LogP contribution is 2.34. The average Bonchev–Trinajstić information content (AvgIpc) is 2.86. The van der Waals surface area contributed by atoms with Gasteiger partial charge in [-0.1, -0.05) is 32.6 Å². The van der Waals surface area contributed by atoms with Gasteiger partial charge in [0, 0.05) is 28.8 Å². The molecule has 0 radical (unpaired) electrons. The lowest BCUT2D eigenvalue weighted by Gasteiger charge is -2.38. The van der Waals surface area contributed by atoms with Crippen LogP contribution in [-0.2, 0) is 6.54 Å². The van der Waals surface area contributed by atoms with Crippen LogP contribution in [0, 0.1) is 23.2 Å². The summed E-state index contributed by atoms with van der Waals surface area (Å²) in [5, 5.41) is 10.9. The summed E-state index contributed by atoms with van der Waals surface area (Å²) in [5.41, 5.74) is 1.54. The van der Waals surface area contributed by atoms with Crippen molar-refractivity contribution in [3.05, 3.63) is 21.9 Å². The second kappa shape index (κ2) is 7.45. The minimum absolute atomic E-state index is 0.146. The zero-order chi connectivity index (χ0) is 15.3. The SMILES string of the molecule is CC(C)(C)C1CCN(Cc2cc(C#CCCO)cs2)CC1. The first-order valence-electron chi connectivity index (χ1n) is 7.88. The number of hydrogen-bond donors (Lipinski definition) is 1. The number of piperidine rings is 1. The van der Waals surface area contributed by atoms with Gasteiger partial charge in [0.2, 0.25) is 0 Å². The van der Waals surface area contributed by atoms with E-state index in [1.54, 1.807) is 11.3 Å². The lowest BCUT2D eigenvalue weighted by atomic mass is 9.75. The summed E-state index contributed by atoms with van der Waals surface area (Å²) in [6.45, 7) is 10.7. The molecule has 0 aromatic carbocycles. The van der Waals surface area contributed by atoms with Crippen LogP contribution in [-0.4, -0.2) is 29.7 Å². The minimum atomic E-state index is 0.146. The lowest BCUT2D eigenvalue weighted by Crippen LogP contribution is -2.37. The zero-order valence-corrected chi connectivity index (χ0v) is 14.3. The monoisotopic (exact) mass is 305 g/mol. The zero-order valence-electron chi connectivity index (χ0n) is 13.5. The van der Waals surface area contributed by atoms with Crippen molar-refractivity contribution in [2.75, 3.05) is 19.7 Å². The Kier molecular flexibility index (Phi) is 5.87. The first kappa shape index (κ1) is 16.5. The summed E-state index contributed by atoms with van der Waals surface area (Å²) in [7, 11) is 0. The molecule has 0 atom stereocenters. The third kappa shape index (κ3) is 5.14. The summed E-state index contributed by atoms with van der Waals surface area (Å²) in [6.07, 6.45) is 3.20. The molecule has 21 heavy (non-hydrogen) atoms. The van der Waals surface area contributed by atoms with Crippen LogP contribution in [0.2, 0.25) is 0 Å². The topological polar surface area (TPSA) is 23.5 Å². The number of thiophene rings is 1. The second-order valence-electron chi connectivity index (χ2n) is 6.99. The van der Waals surface area contributed by atoms with E-state index in [1.165, 1.54) is 30.8 Å². The van der Waals surface area contributed by atoms with Crippen LogP contribution in [0.3, 0.4) is 0 Å². The lowest BCUT2D eigenvalue weighted by molar-refractivity contribution is 0.109. The van der Waals surface area contributed by atoms with Crippen LogP contribution in [0.25, 0.3) is 0 Å². The molecule has 116 valence electrons. The highest BCUT2D eigenvalue weighted by molar-refractivity contribution is 7.10. The van der Waals surface area contributed by atoms with Crippen molar-refractivity contribution in [1.29, 1.82) is 0 Å². The predicted octanol–water partition coefficient (Wildman–Crippen LogP) is 3.74. The van der Waals surface area contributed by atoms with Gasteiger partial charge in [-0.3, -0.25) is 4.90 Å². The molecule has 2 rings (SSSR count). The Morgan fingerprint density at radius 3 is 2.67 bits per heavy atom. The van der Waals surface area contributed by atoms with Crippen LogP contribution in [0.15, 0.2) is 11.4 Å². The van der Waals surface area contributed by atoms with E-state index in [-0.39, 0.29) is 6.61 Å². The van der Waals surface area contributed by atoms with Crippen molar-refractivity contribution in [2.24, 2.45) is 11.3 Å². The maximum atomic E-state index is 8.74. The Hall–Kier alpha value is -0.820. The largest absolute Gasteiger partial charge is 0.395 e. The normalized spacial score (nSPS) is 17.5. The van der Waals surface area contributed by atoms with Crippen LogP contribution in [0.1, 0.15) is 50.5 Å². The van der Waals surface area contributed by atoms with Gasteiger partial charge >= 0.3 is 0 Å². The van der Waals surface area contributed by atoms with Crippen molar-refractivity contribution in [1.82, 2.24) is 4.90 Å². The molecular weight excluding hydrogens is 278 g/mol. The number of aliphatic hydroxyl groups is 1. The maximum absolute atomic E-state index is 8.74. The summed E-state index contributed by atoms with van der Waals surface area (Å²) in [6, 6.07) is 2.20. The molecule has 0 spiro atoms. The molecule has 0 aliphatic carbocycles. The van der Waals surface area contributed by atoms with Crippen molar-refractivity contribution >= 4 is 11.3 Å². The Bertz CT molecular complexity index is 495. The van der Waals surface area contributed by atoms with Gasteiger partial charge < -0.3 is 5.11 Å². The van der Waals surface area contributed by atoms with E-state index in [0.717, 1.165) is 18.0 Å². The third-order valence-electron chi connectivity index (χ3n) is 4.32. The Labute approximate surface area is 133 Å². The van der Waals surface area contributed by atoms with Gasteiger partial charge in [0.05, 0.1) is 6.61 Å². The summed E-state index contributed by atoms with van der Waals surface area (Å²) < 4.78 is 0. The van der Waals surface area contributed by atoms with Gasteiger partial charge in [0.25, 0.3) is 0 Å². The molecule has 0 amide bonds. The molecule has 1 aromatic heterocycles. The quantitative estimate of drug-likeness (QED) is 0.860. The van der Waals surface area contributed by atoms with Gasteiger partial charge in [0.1, 0.15) is 0 Å². The van der Waals surface area contributed by atoms with Gasteiger partial charge in [0.15, 0.2) is 0 Å². The highest BCUT2D eigenvalue weighted by Gasteiger charge is 2.28. The van der Waals surface area contributed by atoms with E-state index in [4.69, 9.17) is 5.11 Å². The van der Waals surface area contributed by atoms with Crippen molar-refractivity contribution < 1.29 is 5.11 Å². The molecule has 0 bridgehead atoms. The highest BCUT2D eigenvalue weighted by atomic mass is 32.1. The maximum Gasteiger partial charge on any atom is 0.0540 e. The van der Waals surface area contributed by atoms with E-state index in [1.807, 2.05) is 0 Å². The number of likely N-dealkylation sites (tertiary alicyclic amines) is 1. The molecule has 1 aliphatic rings. The molecule has 1 fully saturated rings. The summed E-state index contributed by atoms with van der Waals surface area (Å²) in [5.74, 6) is 6.95. The fraction of sp³-hybridized carbons (Fsp3) is 0.667. The Balaban J connectivity index is 1.83. The average molecular weight is 305 g/mol. The van der Waals surface area contributed by atoms with Gasteiger partial charge in [-0.05, 0) is 43.3 Å². The molecule has 2 nitrogen and oxygen atoms in total. The minimum Gasteiger partial charge on any atom is -0.395 e. The van der Waals surface area contributed by atoms with Crippen molar-refractivity contribution in [2.45, 2.75) is 46.6 Å². The molecule has 0 saturated carbocycles. The van der Waals surface area contributed by atoms with E-state index in [2.05, 4.69) is 49.0 Å².